The maximum Gasteiger partial charge on any atom is 0.416 e. The highest BCUT2D eigenvalue weighted by molar-refractivity contribution is 5.33. The second-order valence-corrected chi connectivity index (χ2v) is 7.91. The lowest BCUT2D eigenvalue weighted by atomic mass is 9.67. The van der Waals surface area contributed by atoms with E-state index in [0.29, 0.717) is 32.5 Å². The highest BCUT2D eigenvalue weighted by Gasteiger charge is 2.42. The summed E-state index contributed by atoms with van der Waals surface area (Å²) in [6, 6.07) is 5.75. The summed E-state index contributed by atoms with van der Waals surface area (Å²) in [4.78, 5) is 9.74. The topological polar surface area (TPSA) is 39.7 Å². The summed E-state index contributed by atoms with van der Waals surface area (Å²) in [7, 11) is 0. The van der Waals surface area contributed by atoms with Crippen LogP contribution in [0.2, 0.25) is 0 Å². The molecule has 150 valence electrons. The van der Waals surface area contributed by atoms with E-state index in [0.717, 1.165) is 18.1 Å². The fraction of sp³-hybridized carbons (Fsp3) is 0.600. The summed E-state index contributed by atoms with van der Waals surface area (Å²) in [6.45, 7) is 5.79. The SMILES string of the molecule is CC1(C)CC(CCNCC2C=COO2)(c2cccc(C(F)(F)F)c2)CCO1. The third kappa shape index (κ3) is 5.03. The van der Waals surface area contributed by atoms with Gasteiger partial charge in [0, 0.05) is 18.6 Å². The smallest absolute Gasteiger partial charge is 0.376 e. The molecule has 1 saturated heterocycles. The number of benzene rings is 1. The second-order valence-electron chi connectivity index (χ2n) is 7.91. The van der Waals surface area contributed by atoms with E-state index in [2.05, 4.69) is 5.32 Å². The molecule has 0 radical (unpaired) electrons. The Balaban J connectivity index is 1.77. The van der Waals surface area contributed by atoms with Crippen LogP contribution in [0.4, 0.5) is 13.2 Å². The standard InChI is InChI=1S/C20H26F3NO3/c1-18(2)14-19(8-11-25-18,7-9-24-13-17-6-10-26-27-17)15-4-3-5-16(12-15)20(21,22)23/h3-6,10,12,17,24H,7-9,11,13-14H2,1-2H3. The van der Waals surface area contributed by atoms with Crippen LogP contribution >= 0.6 is 0 Å². The zero-order chi connectivity index (χ0) is 19.5. The lowest BCUT2D eigenvalue weighted by Gasteiger charge is -2.46. The molecule has 0 saturated carbocycles. The van der Waals surface area contributed by atoms with E-state index in [1.165, 1.54) is 18.4 Å². The summed E-state index contributed by atoms with van der Waals surface area (Å²) in [5, 5.41) is 3.32. The minimum Gasteiger partial charge on any atom is -0.376 e. The maximum absolute atomic E-state index is 13.2. The average Bonchev–Trinajstić information content (AvgIpc) is 3.11. The number of nitrogens with one attached hydrogen (secondary N) is 1. The number of hydrogen-bond acceptors (Lipinski definition) is 4. The predicted octanol–water partition coefficient (Wildman–Crippen LogP) is 4.36. The zero-order valence-corrected chi connectivity index (χ0v) is 15.6. The number of rotatable bonds is 6. The van der Waals surface area contributed by atoms with Crippen molar-refractivity contribution in [2.45, 2.75) is 56.4 Å². The summed E-state index contributed by atoms with van der Waals surface area (Å²) in [6.07, 6.45) is 0.917. The van der Waals surface area contributed by atoms with E-state index in [-0.39, 0.29) is 17.1 Å². The van der Waals surface area contributed by atoms with Gasteiger partial charge >= 0.3 is 6.18 Å². The molecule has 2 atom stereocenters. The van der Waals surface area contributed by atoms with Gasteiger partial charge in [-0.2, -0.15) is 18.1 Å². The van der Waals surface area contributed by atoms with Crippen LogP contribution in [0.3, 0.4) is 0 Å². The van der Waals surface area contributed by atoms with Crippen LogP contribution in [-0.4, -0.2) is 31.4 Å². The van der Waals surface area contributed by atoms with Gasteiger partial charge < -0.3 is 14.9 Å². The van der Waals surface area contributed by atoms with Crippen molar-refractivity contribution in [2.24, 2.45) is 0 Å². The number of hydrogen-bond donors (Lipinski definition) is 1. The lowest BCUT2D eigenvalue weighted by Crippen LogP contribution is -2.45. The predicted molar refractivity (Wildman–Crippen MR) is 95.0 cm³/mol. The molecule has 1 N–H and O–H groups in total. The summed E-state index contributed by atoms with van der Waals surface area (Å²) in [5.74, 6) is 0. The van der Waals surface area contributed by atoms with Gasteiger partial charge in [0.05, 0.1) is 11.2 Å². The number of alkyl halides is 3. The average molecular weight is 385 g/mol. The molecule has 4 nitrogen and oxygen atoms in total. The molecule has 2 unspecified atom stereocenters. The van der Waals surface area contributed by atoms with Crippen molar-refractivity contribution in [1.29, 1.82) is 0 Å². The molecule has 1 fully saturated rings. The Morgan fingerprint density at radius 3 is 2.74 bits per heavy atom. The van der Waals surface area contributed by atoms with E-state index in [4.69, 9.17) is 14.5 Å². The van der Waals surface area contributed by atoms with Gasteiger partial charge in [0.1, 0.15) is 12.4 Å². The monoisotopic (exact) mass is 385 g/mol. The van der Waals surface area contributed by atoms with Crippen molar-refractivity contribution in [3.63, 3.8) is 0 Å². The highest BCUT2D eigenvalue weighted by atomic mass is 19.4. The van der Waals surface area contributed by atoms with E-state index in [9.17, 15) is 13.2 Å². The highest BCUT2D eigenvalue weighted by Crippen LogP contribution is 2.45. The van der Waals surface area contributed by atoms with Gasteiger partial charge in [-0.3, -0.25) is 0 Å². The van der Waals surface area contributed by atoms with Crippen LogP contribution in [0.1, 0.15) is 44.2 Å². The Kier molecular flexibility index (Phi) is 5.84. The van der Waals surface area contributed by atoms with Crippen LogP contribution in [0, 0.1) is 0 Å². The fourth-order valence-corrected chi connectivity index (χ4v) is 4.04. The van der Waals surface area contributed by atoms with Gasteiger partial charge in [0.15, 0.2) is 0 Å². The molecule has 1 aromatic rings. The van der Waals surface area contributed by atoms with E-state index >= 15 is 0 Å². The summed E-state index contributed by atoms with van der Waals surface area (Å²) in [5.41, 5.74) is -0.606. The molecular formula is C20H26F3NO3. The van der Waals surface area contributed by atoms with Crippen molar-refractivity contribution in [3.05, 3.63) is 47.7 Å². The molecule has 0 aromatic heterocycles. The van der Waals surface area contributed by atoms with Crippen LogP contribution in [0.15, 0.2) is 36.6 Å². The molecule has 0 aliphatic carbocycles. The van der Waals surface area contributed by atoms with E-state index < -0.39 is 11.7 Å². The molecule has 7 heteroatoms. The maximum atomic E-state index is 13.2. The molecule has 0 bridgehead atoms. The molecule has 27 heavy (non-hydrogen) atoms. The van der Waals surface area contributed by atoms with Gasteiger partial charge in [-0.1, -0.05) is 18.2 Å². The molecule has 0 spiro atoms. The molecule has 2 heterocycles. The van der Waals surface area contributed by atoms with Crippen molar-refractivity contribution >= 4 is 0 Å². The Labute approximate surface area is 157 Å². The van der Waals surface area contributed by atoms with Gasteiger partial charge in [-0.15, -0.1) is 0 Å². The summed E-state index contributed by atoms with van der Waals surface area (Å²) < 4.78 is 45.5. The Bertz CT molecular complexity index is 675. The second kappa shape index (κ2) is 7.81. The quantitative estimate of drug-likeness (QED) is 0.584. The van der Waals surface area contributed by atoms with Crippen LogP contribution < -0.4 is 5.32 Å². The van der Waals surface area contributed by atoms with E-state index in [1.54, 1.807) is 0 Å². The molecular weight excluding hydrogens is 359 g/mol. The Morgan fingerprint density at radius 1 is 1.26 bits per heavy atom. The van der Waals surface area contributed by atoms with Crippen molar-refractivity contribution in [3.8, 4) is 0 Å². The van der Waals surface area contributed by atoms with E-state index in [1.807, 2.05) is 26.0 Å². The van der Waals surface area contributed by atoms with Crippen LogP contribution in [0.25, 0.3) is 0 Å². The molecule has 1 aromatic carbocycles. The van der Waals surface area contributed by atoms with Gasteiger partial charge in [0.25, 0.3) is 0 Å². The normalized spacial score (nSPS) is 27.5. The minimum absolute atomic E-state index is 0.138. The first-order chi connectivity index (χ1) is 12.7. The fourth-order valence-electron chi connectivity index (χ4n) is 4.04. The van der Waals surface area contributed by atoms with Gasteiger partial charge in [0.2, 0.25) is 0 Å². The zero-order valence-electron chi connectivity index (χ0n) is 15.6. The third-order valence-electron chi connectivity index (χ3n) is 5.29. The molecule has 2 aliphatic rings. The van der Waals surface area contributed by atoms with Crippen molar-refractivity contribution in [2.75, 3.05) is 19.7 Å². The Morgan fingerprint density at radius 2 is 2.07 bits per heavy atom. The van der Waals surface area contributed by atoms with Crippen LogP contribution in [0.5, 0.6) is 0 Å². The van der Waals surface area contributed by atoms with Crippen molar-refractivity contribution in [1.82, 2.24) is 5.32 Å². The first-order valence-electron chi connectivity index (χ1n) is 9.22. The number of ether oxygens (including phenoxy) is 1. The third-order valence-corrected chi connectivity index (χ3v) is 5.29. The van der Waals surface area contributed by atoms with Gasteiger partial charge in [-0.25, -0.2) is 0 Å². The molecule has 0 amide bonds. The first kappa shape index (κ1) is 20.2. The lowest BCUT2D eigenvalue weighted by molar-refractivity contribution is -0.250. The first-order valence-corrected chi connectivity index (χ1v) is 9.22. The van der Waals surface area contributed by atoms with Gasteiger partial charge in [-0.05, 0) is 57.4 Å². The minimum atomic E-state index is -4.34. The number of halogens is 3. The van der Waals surface area contributed by atoms with Crippen LogP contribution in [-0.2, 0) is 26.1 Å². The molecule has 3 rings (SSSR count). The largest absolute Gasteiger partial charge is 0.416 e. The Hall–Kier alpha value is -1.57. The molecule has 2 aliphatic heterocycles. The van der Waals surface area contributed by atoms with Crippen molar-refractivity contribution < 1.29 is 27.7 Å². The summed E-state index contributed by atoms with van der Waals surface area (Å²) >= 11 is 0.